The van der Waals surface area contributed by atoms with Crippen molar-refractivity contribution in [3.8, 4) is 0 Å². The largest absolute Gasteiger partial charge is 0.466 e. The molecule has 8 nitrogen and oxygen atoms in total. The highest BCUT2D eigenvalue weighted by Crippen LogP contribution is 2.37. The van der Waals surface area contributed by atoms with Crippen molar-refractivity contribution in [3.05, 3.63) is 65.8 Å². The van der Waals surface area contributed by atoms with E-state index in [0.717, 1.165) is 18.2 Å². The zero-order chi connectivity index (χ0) is 30.7. The van der Waals surface area contributed by atoms with E-state index in [0.29, 0.717) is 50.3 Å². The minimum atomic E-state index is -4.54. The maximum atomic E-state index is 14.6. The quantitative estimate of drug-likeness (QED) is 0.329. The van der Waals surface area contributed by atoms with Crippen molar-refractivity contribution in [2.75, 3.05) is 43.0 Å². The number of hydrogen-bond donors (Lipinski definition) is 2. The van der Waals surface area contributed by atoms with Crippen molar-refractivity contribution in [2.45, 2.75) is 38.7 Å². The number of anilines is 2. The number of esters is 1. The van der Waals surface area contributed by atoms with Crippen LogP contribution in [0.25, 0.3) is 0 Å². The Morgan fingerprint density at radius 2 is 1.95 bits per heavy atom. The van der Waals surface area contributed by atoms with Crippen LogP contribution in [-0.2, 0) is 27.0 Å². The van der Waals surface area contributed by atoms with E-state index in [1.54, 1.807) is 17.7 Å². The summed E-state index contributed by atoms with van der Waals surface area (Å²) in [5.41, 5.74) is 0.190. The van der Waals surface area contributed by atoms with Gasteiger partial charge in [0, 0.05) is 43.6 Å². The van der Waals surface area contributed by atoms with Crippen LogP contribution in [-0.4, -0.2) is 60.4 Å². The zero-order valence-electron chi connectivity index (χ0n) is 23.6. The molecule has 1 aromatic carbocycles. The van der Waals surface area contributed by atoms with Gasteiger partial charge in [-0.3, -0.25) is 14.9 Å². The summed E-state index contributed by atoms with van der Waals surface area (Å²) in [7, 11) is 0. The number of benzene rings is 1. The van der Waals surface area contributed by atoms with E-state index in [-0.39, 0.29) is 36.9 Å². The number of ether oxygens (including phenoxy) is 1. The molecular weight excluding hydrogens is 573 g/mol. The molecule has 1 amide bonds. The first kappa shape index (κ1) is 30.7. The Balaban J connectivity index is 1.32. The molecule has 0 spiro atoms. The van der Waals surface area contributed by atoms with Gasteiger partial charge in [0.15, 0.2) is 0 Å². The molecule has 3 aliphatic rings. The minimum Gasteiger partial charge on any atom is -0.466 e. The van der Waals surface area contributed by atoms with Gasteiger partial charge in [0.1, 0.15) is 12.0 Å². The molecule has 13 heteroatoms. The van der Waals surface area contributed by atoms with Gasteiger partial charge in [0.05, 0.1) is 30.6 Å². The molecule has 2 aromatic rings. The lowest BCUT2D eigenvalue weighted by atomic mass is 9.79. The van der Waals surface area contributed by atoms with Crippen LogP contribution in [0.3, 0.4) is 0 Å². The van der Waals surface area contributed by atoms with Crippen molar-refractivity contribution in [1.82, 2.24) is 14.9 Å². The van der Waals surface area contributed by atoms with Crippen molar-refractivity contribution in [2.24, 2.45) is 23.7 Å². The summed E-state index contributed by atoms with van der Waals surface area (Å²) in [6, 6.07) is 3.56. The maximum Gasteiger partial charge on any atom is 0.416 e. The van der Waals surface area contributed by atoms with E-state index in [9.17, 15) is 31.5 Å². The lowest BCUT2D eigenvalue weighted by molar-refractivity contribution is -0.148. The molecule has 0 saturated carbocycles. The monoisotopic (exact) mass is 607 g/mol. The number of rotatable bonds is 8. The molecule has 2 N–H and O–H groups in total. The molecule has 2 unspecified atom stereocenters. The molecule has 3 heterocycles. The van der Waals surface area contributed by atoms with Crippen LogP contribution in [0.5, 0.6) is 0 Å². The molecule has 2 aliphatic heterocycles. The fourth-order valence-electron chi connectivity index (χ4n) is 6.13. The summed E-state index contributed by atoms with van der Waals surface area (Å²) in [6.07, 6.45) is 1.49. The molecule has 1 aromatic heterocycles. The summed E-state index contributed by atoms with van der Waals surface area (Å²) in [4.78, 5) is 31.6. The van der Waals surface area contributed by atoms with Crippen molar-refractivity contribution >= 4 is 23.5 Å². The Labute approximate surface area is 246 Å². The van der Waals surface area contributed by atoms with Crippen LogP contribution < -0.4 is 15.5 Å². The lowest BCUT2D eigenvalue weighted by Gasteiger charge is -2.34. The first-order valence-corrected chi connectivity index (χ1v) is 14.4. The Morgan fingerprint density at radius 3 is 2.65 bits per heavy atom. The maximum absolute atomic E-state index is 14.6. The van der Waals surface area contributed by atoms with E-state index in [1.807, 2.05) is 4.90 Å². The van der Waals surface area contributed by atoms with Crippen molar-refractivity contribution in [1.29, 1.82) is 0 Å². The number of allylic oxidation sites excluding steroid dienone is 4. The van der Waals surface area contributed by atoms with Gasteiger partial charge in [-0.05, 0) is 62.1 Å². The number of carbonyl (C=O) groups is 2. The average Bonchev–Trinajstić information content (AvgIpc) is 3.63. The molecule has 4 atom stereocenters. The van der Waals surface area contributed by atoms with Gasteiger partial charge in [-0.1, -0.05) is 12.1 Å². The molecule has 1 aliphatic carbocycles. The predicted molar refractivity (Wildman–Crippen MR) is 150 cm³/mol. The molecule has 2 saturated heterocycles. The minimum absolute atomic E-state index is 0.120. The molecule has 43 heavy (non-hydrogen) atoms. The third-order valence-electron chi connectivity index (χ3n) is 8.42. The normalized spacial score (nSPS) is 24.6. The first-order chi connectivity index (χ1) is 20.5. The van der Waals surface area contributed by atoms with E-state index >= 15 is 0 Å². The molecule has 0 bridgehead atoms. The van der Waals surface area contributed by atoms with Gasteiger partial charge < -0.3 is 19.5 Å². The molecular formula is C30H34F5N5O3. The van der Waals surface area contributed by atoms with Gasteiger partial charge >= 0.3 is 12.1 Å². The highest BCUT2D eigenvalue weighted by atomic mass is 19.4. The van der Waals surface area contributed by atoms with E-state index < -0.39 is 41.5 Å². The second-order valence-electron chi connectivity index (χ2n) is 11.1. The summed E-state index contributed by atoms with van der Waals surface area (Å²) in [5, 5.41) is 5.92. The third kappa shape index (κ3) is 6.92. The van der Waals surface area contributed by atoms with Crippen molar-refractivity contribution in [3.63, 3.8) is 0 Å². The number of amides is 1. The van der Waals surface area contributed by atoms with Crippen LogP contribution >= 0.6 is 0 Å². The molecule has 0 radical (unpaired) electrons. The Kier molecular flexibility index (Phi) is 9.19. The predicted octanol–water partition coefficient (Wildman–Crippen LogP) is 4.88. The van der Waals surface area contributed by atoms with E-state index in [1.165, 1.54) is 24.4 Å². The second-order valence-corrected chi connectivity index (χ2v) is 11.1. The van der Waals surface area contributed by atoms with Crippen LogP contribution in [0.1, 0.15) is 30.9 Å². The number of imidazole rings is 1. The number of nitrogens with zero attached hydrogens (tertiary/aromatic N) is 3. The SMILES string of the molecule is CCOC(=O)C1CCN(c2cc(C(F)(F)F)ccc2Cn2ccnc2NC(=O)[C@@H]2CNC[C@H]2C2C=CC(F)=CC2F)CC1. The third-order valence-corrected chi connectivity index (χ3v) is 8.42. The summed E-state index contributed by atoms with van der Waals surface area (Å²) >= 11 is 0. The number of halogens is 5. The average molecular weight is 608 g/mol. The van der Waals surface area contributed by atoms with Crippen LogP contribution in [0.2, 0.25) is 0 Å². The Morgan fingerprint density at radius 1 is 1.19 bits per heavy atom. The number of carbonyl (C=O) groups excluding carboxylic acids is 2. The Bertz CT molecular complexity index is 1380. The second kappa shape index (κ2) is 12.9. The topological polar surface area (TPSA) is 88.5 Å². The number of nitrogens with one attached hydrogen (secondary N) is 2. The van der Waals surface area contributed by atoms with Crippen LogP contribution in [0.4, 0.5) is 33.6 Å². The lowest BCUT2D eigenvalue weighted by Crippen LogP contribution is -2.37. The molecule has 2 fully saturated rings. The molecule has 5 rings (SSSR count). The zero-order valence-corrected chi connectivity index (χ0v) is 23.6. The van der Waals surface area contributed by atoms with Crippen LogP contribution in [0, 0.1) is 23.7 Å². The fourth-order valence-corrected chi connectivity index (χ4v) is 6.13. The summed E-state index contributed by atoms with van der Waals surface area (Å²) < 4.78 is 75.8. The first-order valence-electron chi connectivity index (χ1n) is 14.4. The number of hydrogen-bond acceptors (Lipinski definition) is 6. The fraction of sp³-hybridized carbons (Fsp3) is 0.500. The highest BCUT2D eigenvalue weighted by Gasteiger charge is 2.41. The van der Waals surface area contributed by atoms with Crippen molar-refractivity contribution < 1.29 is 36.3 Å². The van der Waals surface area contributed by atoms with E-state index in [2.05, 4.69) is 15.6 Å². The summed E-state index contributed by atoms with van der Waals surface area (Å²) in [6.45, 7) is 3.58. The van der Waals surface area contributed by atoms with Gasteiger partial charge in [-0.25, -0.2) is 13.8 Å². The van der Waals surface area contributed by atoms with Gasteiger partial charge in [0.25, 0.3) is 0 Å². The highest BCUT2D eigenvalue weighted by molar-refractivity contribution is 5.91. The standard InChI is InChI=1S/C30H34F5N5O3/c1-2-43-28(42)18-7-10-39(11-8-18)26-13-20(30(33,34)35)4-3-19(26)17-40-12-9-37-29(40)38-27(41)24-16-36-15-23(24)22-6-5-21(31)14-25(22)32/h3-6,9,12-14,18,22-25,36H,2,7-8,10-11,15-17H2,1H3,(H,37,38,41)/t22?,23-,24+,25?/m0/s1. The number of aromatic nitrogens is 2. The number of piperidine rings is 1. The molecule has 232 valence electrons. The summed E-state index contributed by atoms with van der Waals surface area (Å²) in [5.74, 6) is -3.10. The Hall–Kier alpha value is -3.74. The smallest absolute Gasteiger partial charge is 0.416 e. The van der Waals surface area contributed by atoms with Gasteiger partial charge in [0.2, 0.25) is 11.9 Å². The van der Waals surface area contributed by atoms with E-state index in [4.69, 9.17) is 4.74 Å². The number of alkyl halides is 4. The van der Waals surface area contributed by atoms with Gasteiger partial charge in [-0.15, -0.1) is 0 Å². The van der Waals surface area contributed by atoms with Gasteiger partial charge in [-0.2, -0.15) is 13.2 Å². The van der Waals surface area contributed by atoms with Crippen LogP contribution in [0.15, 0.2) is 54.6 Å².